The predicted octanol–water partition coefficient (Wildman–Crippen LogP) is 3.38. The van der Waals surface area contributed by atoms with Crippen LogP contribution < -0.4 is 5.32 Å². The van der Waals surface area contributed by atoms with Gasteiger partial charge in [-0.05, 0) is 50.0 Å². The van der Waals surface area contributed by atoms with Crippen LogP contribution in [0.3, 0.4) is 0 Å². The number of benzene rings is 1. The summed E-state index contributed by atoms with van der Waals surface area (Å²) in [5, 5.41) is 13.3. The summed E-state index contributed by atoms with van der Waals surface area (Å²) in [4.78, 5) is 12.3. The Labute approximate surface area is 133 Å². The third kappa shape index (κ3) is 3.70. The summed E-state index contributed by atoms with van der Waals surface area (Å²) in [7, 11) is 0. The van der Waals surface area contributed by atoms with Gasteiger partial charge < -0.3 is 10.4 Å². The molecule has 0 aromatic heterocycles. The fourth-order valence-electron chi connectivity index (χ4n) is 4.02. The minimum absolute atomic E-state index is 0.130. The molecule has 3 nitrogen and oxygen atoms in total. The van der Waals surface area contributed by atoms with Crippen LogP contribution in [0.2, 0.25) is 0 Å². The quantitative estimate of drug-likeness (QED) is 0.895. The summed E-state index contributed by atoms with van der Waals surface area (Å²) in [5.74, 6) is 0.876. The minimum Gasteiger partial charge on any atom is -0.388 e. The van der Waals surface area contributed by atoms with Crippen LogP contribution in [0.4, 0.5) is 0 Å². The lowest BCUT2D eigenvalue weighted by atomic mass is 9.78. The number of hydrogen-bond acceptors (Lipinski definition) is 2. The number of hydrogen-bond donors (Lipinski definition) is 2. The Hall–Kier alpha value is -1.35. The van der Waals surface area contributed by atoms with Crippen molar-refractivity contribution in [2.45, 2.75) is 62.9 Å². The molecular formula is C19H27NO2. The summed E-state index contributed by atoms with van der Waals surface area (Å²) in [6, 6.07) is 10.6. The first kappa shape index (κ1) is 15.5. The number of carbonyl (C=O) groups is 1. The SMILES string of the molecule is O=C(NCC1(O)CCCC1)C1CCC(c2ccccc2)CC1. The Morgan fingerprint density at radius 1 is 1.09 bits per heavy atom. The van der Waals surface area contributed by atoms with Crippen LogP contribution in [0.5, 0.6) is 0 Å². The number of amides is 1. The van der Waals surface area contributed by atoms with Crippen molar-refractivity contribution in [2.75, 3.05) is 6.54 Å². The van der Waals surface area contributed by atoms with Crippen LogP contribution in [-0.4, -0.2) is 23.2 Å². The molecule has 2 aliphatic carbocycles. The predicted molar refractivity (Wildman–Crippen MR) is 87.6 cm³/mol. The molecule has 2 aliphatic rings. The van der Waals surface area contributed by atoms with E-state index >= 15 is 0 Å². The first-order chi connectivity index (χ1) is 10.7. The smallest absolute Gasteiger partial charge is 0.223 e. The van der Waals surface area contributed by atoms with Gasteiger partial charge >= 0.3 is 0 Å². The van der Waals surface area contributed by atoms with Crippen molar-refractivity contribution in [3.05, 3.63) is 35.9 Å². The van der Waals surface area contributed by atoms with Gasteiger partial charge in [-0.15, -0.1) is 0 Å². The fourth-order valence-corrected chi connectivity index (χ4v) is 4.02. The largest absolute Gasteiger partial charge is 0.388 e. The normalized spacial score (nSPS) is 27.5. The van der Waals surface area contributed by atoms with E-state index in [0.717, 1.165) is 51.4 Å². The summed E-state index contributed by atoms with van der Waals surface area (Å²) < 4.78 is 0. The highest BCUT2D eigenvalue weighted by molar-refractivity contribution is 5.78. The van der Waals surface area contributed by atoms with E-state index < -0.39 is 5.60 Å². The molecule has 2 saturated carbocycles. The molecule has 120 valence electrons. The molecule has 2 N–H and O–H groups in total. The van der Waals surface area contributed by atoms with Crippen molar-refractivity contribution < 1.29 is 9.90 Å². The second-order valence-corrected chi connectivity index (χ2v) is 7.11. The van der Waals surface area contributed by atoms with Crippen molar-refractivity contribution >= 4 is 5.91 Å². The summed E-state index contributed by atoms with van der Waals surface area (Å²) in [5.41, 5.74) is 0.762. The topological polar surface area (TPSA) is 49.3 Å². The van der Waals surface area contributed by atoms with Gasteiger partial charge in [0.1, 0.15) is 0 Å². The van der Waals surface area contributed by atoms with Crippen molar-refractivity contribution in [1.29, 1.82) is 0 Å². The van der Waals surface area contributed by atoms with Gasteiger partial charge in [-0.25, -0.2) is 0 Å². The molecule has 22 heavy (non-hydrogen) atoms. The molecule has 0 bridgehead atoms. The molecular weight excluding hydrogens is 274 g/mol. The van der Waals surface area contributed by atoms with Gasteiger partial charge in [0, 0.05) is 12.5 Å². The maximum atomic E-state index is 12.3. The molecule has 1 aromatic carbocycles. The van der Waals surface area contributed by atoms with Gasteiger partial charge in [0.05, 0.1) is 5.60 Å². The molecule has 0 saturated heterocycles. The van der Waals surface area contributed by atoms with E-state index in [2.05, 4.69) is 35.6 Å². The fraction of sp³-hybridized carbons (Fsp3) is 0.632. The lowest BCUT2D eigenvalue weighted by Gasteiger charge is -2.29. The second kappa shape index (κ2) is 6.82. The van der Waals surface area contributed by atoms with Gasteiger partial charge in [0.15, 0.2) is 0 Å². The minimum atomic E-state index is -0.642. The zero-order valence-electron chi connectivity index (χ0n) is 13.3. The number of nitrogens with one attached hydrogen (secondary N) is 1. The van der Waals surface area contributed by atoms with E-state index in [9.17, 15) is 9.90 Å². The maximum absolute atomic E-state index is 12.3. The maximum Gasteiger partial charge on any atom is 0.223 e. The molecule has 0 spiro atoms. The first-order valence-corrected chi connectivity index (χ1v) is 8.71. The molecule has 3 rings (SSSR count). The zero-order chi connectivity index (χ0) is 15.4. The lowest BCUT2D eigenvalue weighted by Crippen LogP contribution is -2.43. The summed E-state index contributed by atoms with van der Waals surface area (Å²) in [6.07, 6.45) is 7.91. The van der Waals surface area contributed by atoms with Crippen LogP contribution in [0.25, 0.3) is 0 Å². The summed E-state index contributed by atoms with van der Waals surface area (Å²) >= 11 is 0. The Kier molecular flexibility index (Phi) is 4.82. The molecule has 3 heteroatoms. The van der Waals surface area contributed by atoms with E-state index in [1.807, 2.05) is 0 Å². The Morgan fingerprint density at radius 2 is 1.73 bits per heavy atom. The molecule has 1 amide bonds. The third-order valence-corrected chi connectivity index (χ3v) is 5.49. The number of rotatable bonds is 4. The number of carbonyl (C=O) groups excluding carboxylic acids is 1. The Balaban J connectivity index is 1.46. The van der Waals surface area contributed by atoms with Crippen molar-refractivity contribution in [3.8, 4) is 0 Å². The van der Waals surface area contributed by atoms with Crippen LogP contribution in [0.15, 0.2) is 30.3 Å². The Morgan fingerprint density at radius 3 is 2.36 bits per heavy atom. The van der Waals surface area contributed by atoms with E-state index in [1.54, 1.807) is 0 Å². The highest BCUT2D eigenvalue weighted by atomic mass is 16.3. The summed E-state index contributed by atoms with van der Waals surface area (Å²) in [6.45, 7) is 0.435. The molecule has 1 aromatic rings. The van der Waals surface area contributed by atoms with Gasteiger partial charge in [-0.1, -0.05) is 43.2 Å². The first-order valence-electron chi connectivity index (χ1n) is 8.71. The molecule has 2 fully saturated rings. The van der Waals surface area contributed by atoms with Crippen LogP contribution in [0, 0.1) is 5.92 Å². The van der Waals surface area contributed by atoms with Gasteiger partial charge in [-0.3, -0.25) is 4.79 Å². The van der Waals surface area contributed by atoms with Crippen molar-refractivity contribution in [1.82, 2.24) is 5.32 Å². The van der Waals surface area contributed by atoms with Crippen LogP contribution in [0.1, 0.15) is 62.8 Å². The van der Waals surface area contributed by atoms with Gasteiger partial charge in [0.2, 0.25) is 5.91 Å². The van der Waals surface area contributed by atoms with Gasteiger partial charge in [0.25, 0.3) is 0 Å². The standard InChI is InChI=1S/C19H27NO2/c21-18(20-14-19(22)12-4-5-13-19)17-10-8-16(9-11-17)15-6-2-1-3-7-15/h1-3,6-7,16-17,22H,4-5,8-14H2,(H,20,21). The highest BCUT2D eigenvalue weighted by Gasteiger charge is 2.33. The van der Waals surface area contributed by atoms with Crippen LogP contribution in [-0.2, 0) is 4.79 Å². The second-order valence-electron chi connectivity index (χ2n) is 7.11. The Bertz CT molecular complexity index is 485. The van der Waals surface area contributed by atoms with Gasteiger partial charge in [-0.2, -0.15) is 0 Å². The molecule has 0 radical (unpaired) electrons. The van der Waals surface area contributed by atoms with Crippen molar-refractivity contribution in [2.24, 2.45) is 5.92 Å². The number of aliphatic hydroxyl groups is 1. The van der Waals surface area contributed by atoms with E-state index in [1.165, 1.54) is 5.56 Å². The lowest BCUT2D eigenvalue weighted by molar-refractivity contribution is -0.127. The van der Waals surface area contributed by atoms with Crippen LogP contribution >= 0.6 is 0 Å². The molecule has 0 unspecified atom stereocenters. The highest BCUT2D eigenvalue weighted by Crippen LogP contribution is 2.36. The molecule has 0 atom stereocenters. The average molecular weight is 301 g/mol. The molecule has 0 heterocycles. The van der Waals surface area contributed by atoms with E-state index in [-0.39, 0.29) is 11.8 Å². The van der Waals surface area contributed by atoms with E-state index in [4.69, 9.17) is 0 Å². The molecule has 0 aliphatic heterocycles. The van der Waals surface area contributed by atoms with Crippen molar-refractivity contribution in [3.63, 3.8) is 0 Å². The monoisotopic (exact) mass is 301 g/mol. The zero-order valence-corrected chi connectivity index (χ0v) is 13.3. The average Bonchev–Trinajstić information content (AvgIpc) is 3.01. The third-order valence-electron chi connectivity index (χ3n) is 5.49. The van der Waals surface area contributed by atoms with E-state index in [0.29, 0.717) is 12.5 Å².